The lowest BCUT2D eigenvalue weighted by molar-refractivity contribution is 0.102. The molecule has 5 rings (SSSR count). The van der Waals surface area contributed by atoms with Gasteiger partial charge < -0.3 is 21.1 Å². The molecule has 0 atom stereocenters. The van der Waals surface area contributed by atoms with E-state index in [9.17, 15) is 4.79 Å². The fourth-order valence-corrected chi connectivity index (χ4v) is 4.88. The van der Waals surface area contributed by atoms with E-state index in [1.165, 1.54) is 17.7 Å². The molecule has 3 aromatic heterocycles. The van der Waals surface area contributed by atoms with Crippen molar-refractivity contribution in [2.75, 3.05) is 23.5 Å². The second-order valence-electron chi connectivity index (χ2n) is 7.53. The van der Waals surface area contributed by atoms with Gasteiger partial charge in [0.15, 0.2) is 0 Å². The van der Waals surface area contributed by atoms with Gasteiger partial charge in [0.25, 0.3) is 5.91 Å². The van der Waals surface area contributed by atoms with E-state index in [-0.39, 0.29) is 5.91 Å². The van der Waals surface area contributed by atoms with E-state index in [2.05, 4.69) is 25.6 Å². The maximum atomic E-state index is 13.2. The second-order valence-corrected chi connectivity index (χ2v) is 8.81. The van der Waals surface area contributed by atoms with Crippen LogP contribution in [0.2, 0.25) is 5.02 Å². The third-order valence-electron chi connectivity index (χ3n) is 5.43. The number of nitrogens with one attached hydrogen (secondary N) is 2. The highest BCUT2D eigenvalue weighted by atomic mass is 35.5. The maximum Gasteiger partial charge on any atom is 0.258 e. The van der Waals surface area contributed by atoms with E-state index >= 15 is 0 Å². The third kappa shape index (κ3) is 3.85. The molecule has 0 spiro atoms. The second kappa shape index (κ2) is 8.77. The normalized spacial score (nSPS) is 11.0. The largest absolute Gasteiger partial charge is 0.495 e. The Hall–Kier alpha value is -3.95. The first-order valence-corrected chi connectivity index (χ1v) is 11.5. The molecule has 3 heterocycles. The lowest BCUT2D eigenvalue weighted by atomic mass is 10.0. The Morgan fingerprint density at radius 1 is 1.12 bits per heavy atom. The summed E-state index contributed by atoms with van der Waals surface area (Å²) in [6, 6.07) is 11.2. The number of methoxy groups -OCH3 is 1. The number of nitrogens with zero attached hydrogens (tertiary/aromatic N) is 3. The monoisotopic (exact) mass is 490 g/mol. The lowest BCUT2D eigenvalue weighted by Gasteiger charge is -2.15. The fourth-order valence-electron chi connectivity index (χ4n) is 3.72. The number of fused-ring (bicyclic) bond motifs is 2. The average molecular weight is 491 g/mol. The van der Waals surface area contributed by atoms with Gasteiger partial charge in [0.05, 0.1) is 33.6 Å². The van der Waals surface area contributed by atoms with Crippen molar-refractivity contribution in [2.45, 2.75) is 6.92 Å². The van der Waals surface area contributed by atoms with Gasteiger partial charge in [-0.1, -0.05) is 23.7 Å². The van der Waals surface area contributed by atoms with Crippen LogP contribution in [0.25, 0.3) is 21.0 Å². The van der Waals surface area contributed by atoms with Crippen molar-refractivity contribution in [3.8, 4) is 5.75 Å². The number of benzene rings is 2. The van der Waals surface area contributed by atoms with Crippen molar-refractivity contribution < 1.29 is 9.53 Å². The van der Waals surface area contributed by atoms with E-state index in [1.807, 2.05) is 31.2 Å². The Kier molecular flexibility index (Phi) is 5.64. The minimum absolute atomic E-state index is 0.270. The Morgan fingerprint density at radius 3 is 2.76 bits per heavy atom. The first-order chi connectivity index (χ1) is 16.5. The number of nitrogens with two attached hydrogens (primary N) is 1. The molecule has 0 aliphatic rings. The average Bonchev–Trinajstić information content (AvgIpc) is 3.27. The molecular formula is C24H19ClN6O2S. The quantitative estimate of drug-likeness (QED) is 0.285. The van der Waals surface area contributed by atoms with Crippen molar-refractivity contribution in [1.29, 1.82) is 0 Å². The molecule has 0 bridgehead atoms. The van der Waals surface area contributed by atoms with Crippen LogP contribution in [0.1, 0.15) is 15.9 Å². The number of carbonyl (C=O) groups excluding carboxylic acids is 1. The van der Waals surface area contributed by atoms with E-state index < -0.39 is 0 Å². The number of thiophene rings is 1. The zero-order valence-electron chi connectivity index (χ0n) is 18.2. The van der Waals surface area contributed by atoms with Crippen LogP contribution >= 0.6 is 22.9 Å². The lowest BCUT2D eigenvalue weighted by Crippen LogP contribution is -2.13. The summed E-state index contributed by atoms with van der Waals surface area (Å²) in [6.45, 7) is 1.94. The molecule has 10 heteroatoms. The number of hydrogen-bond acceptors (Lipinski definition) is 8. The molecule has 0 fully saturated rings. The number of aryl methyl sites for hydroxylation is 1. The summed E-state index contributed by atoms with van der Waals surface area (Å²) in [4.78, 5) is 25.9. The molecular weight excluding hydrogens is 472 g/mol. The molecule has 1 amide bonds. The molecule has 34 heavy (non-hydrogen) atoms. The summed E-state index contributed by atoms with van der Waals surface area (Å²) in [5.41, 5.74) is 9.29. The SMILES string of the molecule is COc1ccc(Nc2nccc3c(NC(=O)c4csc5c(N)ncnc45)c(C)ccc23)cc1Cl. The third-order valence-corrected chi connectivity index (χ3v) is 6.72. The number of rotatable bonds is 5. The van der Waals surface area contributed by atoms with Crippen LogP contribution in [0.5, 0.6) is 5.75 Å². The van der Waals surface area contributed by atoms with Crippen LogP contribution < -0.4 is 21.1 Å². The molecule has 8 nitrogen and oxygen atoms in total. The van der Waals surface area contributed by atoms with Gasteiger partial charge in [0, 0.05) is 28.0 Å². The summed E-state index contributed by atoms with van der Waals surface area (Å²) >= 11 is 7.61. The Bertz CT molecular complexity index is 1570. The van der Waals surface area contributed by atoms with Crippen molar-refractivity contribution in [3.05, 3.63) is 70.5 Å². The molecule has 4 N–H and O–H groups in total. The standard InChI is InChI=1S/C24H19ClN6O2S/c1-12-3-5-15-14(7-8-27-23(15)30-13-4-6-18(33-2)17(25)9-13)19(12)31-24(32)16-10-34-21-20(16)28-11-29-22(21)26/h3-11H,1-2H3,(H,27,30)(H,31,32)(H2,26,28,29). The number of pyridine rings is 1. The highest BCUT2D eigenvalue weighted by Crippen LogP contribution is 2.35. The number of amides is 1. The van der Waals surface area contributed by atoms with Crippen LogP contribution in [0.3, 0.4) is 0 Å². The van der Waals surface area contributed by atoms with E-state index in [4.69, 9.17) is 22.1 Å². The molecule has 0 saturated carbocycles. The van der Waals surface area contributed by atoms with Gasteiger partial charge in [-0.15, -0.1) is 11.3 Å². The zero-order valence-corrected chi connectivity index (χ0v) is 19.8. The van der Waals surface area contributed by atoms with Gasteiger partial charge in [-0.3, -0.25) is 4.79 Å². The first-order valence-electron chi connectivity index (χ1n) is 10.2. The summed E-state index contributed by atoms with van der Waals surface area (Å²) in [5.74, 6) is 1.31. The minimum atomic E-state index is -0.270. The predicted octanol–water partition coefficient (Wildman–Crippen LogP) is 5.79. The van der Waals surface area contributed by atoms with Crippen LogP contribution in [0.4, 0.5) is 23.0 Å². The smallest absolute Gasteiger partial charge is 0.258 e. The van der Waals surface area contributed by atoms with Gasteiger partial charge in [0.1, 0.15) is 23.7 Å². The number of ether oxygens (including phenoxy) is 1. The molecule has 170 valence electrons. The van der Waals surface area contributed by atoms with E-state index in [0.29, 0.717) is 43.9 Å². The maximum absolute atomic E-state index is 13.2. The summed E-state index contributed by atoms with van der Waals surface area (Å²) in [6.07, 6.45) is 3.05. The number of anilines is 4. The van der Waals surface area contributed by atoms with E-state index in [1.54, 1.807) is 30.8 Å². The zero-order chi connectivity index (χ0) is 23.8. The Labute approximate surface area is 203 Å². The molecule has 0 aliphatic carbocycles. The summed E-state index contributed by atoms with van der Waals surface area (Å²) in [7, 11) is 1.57. The van der Waals surface area contributed by atoms with E-state index in [0.717, 1.165) is 22.0 Å². The molecule has 0 unspecified atom stereocenters. The van der Waals surface area contributed by atoms with Crippen LogP contribution in [0, 0.1) is 6.92 Å². The minimum Gasteiger partial charge on any atom is -0.495 e. The Morgan fingerprint density at radius 2 is 1.97 bits per heavy atom. The molecule has 0 radical (unpaired) electrons. The van der Waals surface area contributed by atoms with Crippen LogP contribution in [-0.2, 0) is 0 Å². The van der Waals surface area contributed by atoms with Crippen molar-refractivity contribution in [1.82, 2.24) is 15.0 Å². The predicted molar refractivity (Wildman–Crippen MR) is 138 cm³/mol. The van der Waals surface area contributed by atoms with Gasteiger partial charge >= 0.3 is 0 Å². The van der Waals surface area contributed by atoms with Crippen molar-refractivity contribution in [3.63, 3.8) is 0 Å². The van der Waals surface area contributed by atoms with Crippen molar-refractivity contribution in [2.24, 2.45) is 0 Å². The van der Waals surface area contributed by atoms with Crippen LogP contribution in [-0.4, -0.2) is 28.0 Å². The molecule has 0 saturated heterocycles. The van der Waals surface area contributed by atoms with Gasteiger partial charge in [0.2, 0.25) is 0 Å². The topological polar surface area (TPSA) is 115 Å². The molecule has 0 aliphatic heterocycles. The highest BCUT2D eigenvalue weighted by Gasteiger charge is 2.18. The van der Waals surface area contributed by atoms with Crippen molar-refractivity contribution >= 4 is 72.8 Å². The number of nitrogen functional groups attached to an aromatic ring is 1. The van der Waals surface area contributed by atoms with Crippen LogP contribution in [0.15, 0.2) is 54.3 Å². The number of aromatic nitrogens is 3. The number of halogens is 1. The fraction of sp³-hybridized carbons (Fsp3) is 0.0833. The van der Waals surface area contributed by atoms with Gasteiger partial charge in [-0.25, -0.2) is 15.0 Å². The van der Waals surface area contributed by atoms with Gasteiger partial charge in [-0.2, -0.15) is 0 Å². The number of carbonyl (C=O) groups is 1. The summed E-state index contributed by atoms with van der Waals surface area (Å²) in [5, 5.41) is 10.3. The molecule has 2 aromatic carbocycles. The van der Waals surface area contributed by atoms with Gasteiger partial charge in [-0.05, 0) is 36.8 Å². The Balaban J connectivity index is 1.52. The highest BCUT2D eigenvalue weighted by molar-refractivity contribution is 7.18. The molecule has 5 aromatic rings. The first kappa shape index (κ1) is 21.9. The number of hydrogen-bond donors (Lipinski definition) is 3. The summed E-state index contributed by atoms with van der Waals surface area (Å²) < 4.78 is 5.91.